The summed E-state index contributed by atoms with van der Waals surface area (Å²) >= 11 is 6.06. The number of nitriles is 1. The van der Waals surface area contributed by atoms with Gasteiger partial charge in [0.25, 0.3) is 0 Å². The highest BCUT2D eigenvalue weighted by atomic mass is 35.5. The van der Waals surface area contributed by atoms with Crippen LogP contribution in [-0.4, -0.2) is 29.1 Å². The fourth-order valence-electron chi connectivity index (χ4n) is 3.16. The number of carbonyl (C=O) groups excluding carboxylic acids is 1. The Balaban J connectivity index is 1.78. The van der Waals surface area contributed by atoms with Crippen molar-refractivity contribution in [1.29, 1.82) is 5.26 Å². The van der Waals surface area contributed by atoms with Crippen LogP contribution in [0.3, 0.4) is 0 Å². The summed E-state index contributed by atoms with van der Waals surface area (Å²) in [5.41, 5.74) is 1.07. The number of ether oxygens (including phenoxy) is 2. The Hall–Kier alpha value is -4.23. The number of para-hydroxylation sites is 1. The van der Waals surface area contributed by atoms with Gasteiger partial charge in [0.15, 0.2) is 17.3 Å². The van der Waals surface area contributed by atoms with Crippen molar-refractivity contribution in [1.82, 2.24) is 9.97 Å². The van der Waals surface area contributed by atoms with Crippen LogP contribution >= 0.6 is 11.6 Å². The average molecular weight is 528 g/mol. The molecule has 0 saturated heterocycles. The summed E-state index contributed by atoms with van der Waals surface area (Å²) in [6.07, 6.45) is 8.11. The van der Waals surface area contributed by atoms with Crippen LogP contribution in [-0.2, 0) is 4.79 Å². The SMILES string of the molecule is CCCCCOc1c(C=CC(=O)Nc2cc(Cl)cnc2Nc2ccc(C#N)cn2)cccc1OC(F)F. The summed E-state index contributed by atoms with van der Waals surface area (Å²) < 4.78 is 36.1. The molecule has 0 aliphatic carbocycles. The minimum Gasteiger partial charge on any atom is -0.489 e. The largest absolute Gasteiger partial charge is 0.489 e. The van der Waals surface area contributed by atoms with E-state index >= 15 is 0 Å². The minimum absolute atomic E-state index is 0.116. The van der Waals surface area contributed by atoms with E-state index in [2.05, 4.69) is 25.3 Å². The molecular weight excluding hydrogens is 504 g/mol. The van der Waals surface area contributed by atoms with Gasteiger partial charge in [0, 0.05) is 24.0 Å². The standard InChI is InChI=1S/C26H24ClF2N5O3/c1-2-3-4-12-36-24-18(6-5-7-21(24)37-26(28)29)9-11-23(35)33-20-13-19(27)16-32-25(20)34-22-10-8-17(14-30)15-31-22/h5-11,13,15-16,26H,2-4,12H2,1H3,(H,33,35)(H,31,32,34). The summed E-state index contributed by atoms with van der Waals surface area (Å²) in [4.78, 5) is 21.0. The van der Waals surface area contributed by atoms with E-state index in [9.17, 15) is 13.6 Å². The Labute approximate surface area is 217 Å². The van der Waals surface area contributed by atoms with Crippen molar-refractivity contribution < 1.29 is 23.0 Å². The number of pyridine rings is 2. The van der Waals surface area contributed by atoms with E-state index in [4.69, 9.17) is 21.6 Å². The first-order chi connectivity index (χ1) is 17.9. The predicted octanol–water partition coefficient (Wildman–Crippen LogP) is 6.57. The molecule has 0 saturated carbocycles. The second-order valence-electron chi connectivity index (χ2n) is 7.65. The van der Waals surface area contributed by atoms with Crippen LogP contribution in [0, 0.1) is 11.3 Å². The number of halogens is 3. The third kappa shape index (κ3) is 8.44. The Bertz CT molecular complexity index is 1280. The Morgan fingerprint density at radius 2 is 2.05 bits per heavy atom. The zero-order valence-electron chi connectivity index (χ0n) is 19.9. The summed E-state index contributed by atoms with van der Waals surface area (Å²) in [6, 6.07) is 11.2. The van der Waals surface area contributed by atoms with E-state index in [1.165, 1.54) is 42.7 Å². The number of hydrogen-bond acceptors (Lipinski definition) is 7. The van der Waals surface area contributed by atoms with Gasteiger partial charge in [-0.15, -0.1) is 0 Å². The van der Waals surface area contributed by atoms with E-state index in [1.807, 2.05) is 13.0 Å². The molecule has 0 aliphatic rings. The number of hydrogen-bond donors (Lipinski definition) is 2. The highest BCUT2D eigenvalue weighted by molar-refractivity contribution is 6.31. The molecule has 0 bridgehead atoms. The number of nitrogens with zero attached hydrogens (tertiary/aromatic N) is 3. The van der Waals surface area contributed by atoms with Gasteiger partial charge >= 0.3 is 6.61 Å². The lowest BCUT2D eigenvalue weighted by Gasteiger charge is -2.14. The first kappa shape index (κ1) is 27.4. The molecule has 192 valence electrons. The molecule has 1 amide bonds. The van der Waals surface area contributed by atoms with E-state index < -0.39 is 12.5 Å². The van der Waals surface area contributed by atoms with Crippen molar-refractivity contribution in [2.75, 3.05) is 17.2 Å². The van der Waals surface area contributed by atoms with Crippen molar-refractivity contribution in [3.05, 3.63) is 71.0 Å². The predicted molar refractivity (Wildman–Crippen MR) is 137 cm³/mol. The van der Waals surface area contributed by atoms with Crippen molar-refractivity contribution in [3.8, 4) is 17.6 Å². The number of anilines is 3. The lowest BCUT2D eigenvalue weighted by Crippen LogP contribution is -2.11. The summed E-state index contributed by atoms with van der Waals surface area (Å²) in [5.74, 6) is 0.157. The highest BCUT2D eigenvalue weighted by Crippen LogP contribution is 2.34. The molecular formula is C26H24ClF2N5O3. The number of benzene rings is 1. The zero-order valence-corrected chi connectivity index (χ0v) is 20.6. The van der Waals surface area contributed by atoms with E-state index in [0.717, 1.165) is 19.3 Å². The van der Waals surface area contributed by atoms with Crippen LogP contribution in [0.1, 0.15) is 37.3 Å². The van der Waals surface area contributed by atoms with Crippen LogP contribution < -0.4 is 20.1 Å². The van der Waals surface area contributed by atoms with Gasteiger partial charge in [-0.1, -0.05) is 43.5 Å². The second-order valence-corrected chi connectivity index (χ2v) is 8.09. The van der Waals surface area contributed by atoms with E-state index in [0.29, 0.717) is 23.6 Å². The van der Waals surface area contributed by atoms with Gasteiger partial charge in [0.1, 0.15) is 11.9 Å². The molecule has 0 atom stereocenters. The maximum Gasteiger partial charge on any atom is 0.387 e. The molecule has 37 heavy (non-hydrogen) atoms. The minimum atomic E-state index is -3.02. The smallest absolute Gasteiger partial charge is 0.387 e. The van der Waals surface area contributed by atoms with Crippen LogP contribution in [0.4, 0.5) is 26.1 Å². The molecule has 2 N–H and O–H groups in total. The third-order valence-corrected chi connectivity index (χ3v) is 5.09. The van der Waals surface area contributed by atoms with Crippen LogP contribution in [0.15, 0.2) is 54.9 Å². The average Bonchev–Trinajstić information content (AvgIpc) is 2.88. The van der Waals surface area contributed by atoms with Crippen molar-refractivity contribution in [3.63, 3.8) is 0 Å². The molecule has 2 aromatic heterocycles. The van der Waals surface area contributed by atoms with Gasteiger partial charge in [-0.25, -0.2) is 9.97 Å². The van der Waals surface area contributed by atoms with Crippen LogP contribution in [0.2, 0.25) is 5.02 Å². The van der Waals surface area contributed by atoms with Crippen molar-refractivity contribution in [2.24, 2.45) is 0 Å². The van der Waals surface area contributed by atoms with Gasteiger partial charge < -0.3 is 20.1 Å². The fourth-order valence-corrected chi connectivity index (χ4v) is 3.32. The molecule has 0 fully saturated rings. The van der Waals surface area contributed by atoms with E-state index in [1.54, 1.807) is 18.2 Å². The molecule has 1 aromatic carbocycles. The zero-order chi connectivity index (χ0) is 26.6. The summed E-state index contributed by atoms with van der Waals surface area (Å²) in [5, 5.41) is 14.9. The first-order valence-corrected chi connectivity index (χ1v) is 11.8. The van der Waals surface area contributed by atoms with Crippen molar-refractivity contribution in [2.45, 2.75) is 32.8 Å². The number of aromatic nitrogens is 2. The summed E-state index contributed by atoms with van der Waals surface area (Å²) in [6.45, 7) is -0.665. The van der Waals surface area contributed by atoms with Gasteiger partial charge in [0.2, 0.25) is 5.91 Å². The Morgan fingerprint density at radius 1 is 1.22 bits per heavy atom. The number of rotatable bonds is 12. The fraction of sp³-hybridized carbons (Fsp3) is 0.231. The van der Waals surface area contributed by atoms with Crippen LogP contribution in [0.25, 0.3) is 6.08 Å². The molecule has 8 nitrogen and oxygen atoms in total. The van der Waals surface area contributed by atoms with Crippen molar-refractivity contribution >= 4 is 40.9 Å². The summed E-state index contributed by atoms with van der Waals surface area (Å²) in [7, 11) is 0. The maximum atomic E-state index is 12.9. The normalized spacial score (nSPS) is 10.8. The molecule has 0 radical (unpaired) electrons. The van der Waals surface area contributed by atoms with E-state index in [-0.39, 0.29) is 28.0 Å². The molecule has 2 heterocycles. The van der Waals surface area contributed by atoms with Gasteiger partial charge in [-0.05, 0) is 36.8 Å². The number of unbranched alkanes of at least 4 members (excludes halogenated alkanes) is 2. The van der Waals surface area contributed by atoms with Gasteiger partial charge in [0.05, 0.1) is 22.9 Å². The Kier molecular flexibility index (Phi) is 10.2. The Morgan fingerprint density at radius 3 is 2.76 bits per heavy atom. The second kappa shape index (κ2) is 13.8. The quantitative estimate of drug-likeness (QED) is 0.202. The van der Waals surface area contributed by atoms with Gasteiger partial charge in [-0.3, -0.25) is 4.79 Å². The van der Waals surface area contributed by atoms with Crippen LogP contribution in [0.5, 0.6) is 11.5 Å². The molecule has 3 aromatic rings. The number of nitrogens with one attached hydrogen (secondary N) is 2. The lowest BCUT2D eigenvalue weighted by atomic mass is 10.1. The highest BCUT2D eigenvalue weighted by Gasteiger charge is 2.15. The maximum absolute atomic E-state index is 12.9. The first-order valence-electron chi connectivity index (χ1n) is 11.4. The monoisotopic (exact) mass is 527 g/mol. The van der Waals surface area contributed by atoms with Gasteiger partial charge in [-0.2, -0.15) is 14.0 Å². The number of alkyl halides is 2. The topological polar surface area (TPSA) is 109 Å². The molecule has 11 heteroatoms. The molecule has 0 aliphatic heterocycles. The molecule has 3 rings (SSSR count). The number of amides is 1. The number of carbonyl (C=O) groups is 1. The molecule has 0 spiro atoms. The molecule has 0 unspecified atom stereocenters. The lowest BCUT2D eigenvalue weighted by molar-refractivity contribution is -0.111. The third-order valence-electron chi connectivity index (χ3n) is 4.89.